The van der Waals surface area contributed by atoms with Crippen LogP contribution in [0.3, 0.4) is 0 Å². The van der Waals surface area contributed by atoms with Gasteiger partial charge < -0.3 is 21.1 Å². The minimum Gasteiger partial charge on any atom is -0.392 e. The Labute approximate surface area is 196 Å². The molecule has 0 radical (unpaired) electrons. The van der Waals surface area contributed by atoms with Crippen molar-refractivity contribution in [3.05, 3.63) is 43.8 Å². The number of aliphatic hydroxyl groups excluding tert-OH is 1. The van der Waals surface area contributed by atoms with E-state index in [9.17, 15) is 24.8 Å². The summed E-state index contributed by atoms with van der Waals surface area (Å²) >= 11 is 1.02. The first-order valence-corrected chi connectivity index (χ1v) is 11.3. The second kappa shape index (κ2) is 10.9. The lowest BCUT2D eigenvalue weighted by Crippen LogP contribution is -2.36. The summed E-state index contributed by atoms with van der Waals surface area (Å²) in [5.41, 5.74) is 0.202. The number of anilines is 2. The van der Waals surface area contributed by atoms with Gasteiger partial charge in [-0.25, -0.2) is 0 Å². The molecule has 4 N–H and O–H groups in total. The number of carbonyl (C=O) groups is 2. The number of nitrogens with one attached hydrogen (secondary N) is 3. The van der Waals surface area contributed by atoms with Crippen LogP contribution >= 0.6 is 11.3 Å². The zero-order valence-electron chi connectivity index (χ0n) is 19.4. The molecule has 0 spiro atoms. The van der Waals surface area contributed by atoms with Gasteiger partial charge in [-0.2, -0.15) is 5.26 Å². The topological polar surface area (TPSA) is 136 Å². The van der Waals surface area contributed by atoms with Crippen molar-refractivity contribution in [2.75, 3.05) is 17.2 Å². The molecule has 2 amide bonds. The van der Waals surface area contributed by atoms with Crippen LogP contribution in [0.5, 0.6) is 0 Å². The Kier molecular flexibility index (Phi) is 8.56. The van der Waals surface area contributed by atoms with Gasteiger partial charge in [0.15, 0.2) is 5.57 Å². The summed E-state index contributed by atoms with van der Waals surface area (Å²) in [6, 6.07) is 8.93. The lowest BCUT2D eigenvalue weighted by Gasteiger charge is -2.18. The van der Waals surface area contributed by atoms with E-state index in [0.717, 1.165) is 11.3 Å². The molecule has 1 heterocycles. The minimum absolute atomic E-state index is 0.00558. The molecule has 9 nitrogen and oxygen atoms in total. The highest BCUT2D eigenvalue weighted by molar-refractivity contribution is 7.07. The second-order valence-corrected chi connectivity index (χ2v) is 9.47. The fourth-order valence-electron chi connectivity index (χ4n) is 2.67. The number of nitriles is 1. The molecule has 2 aromatic rings. The van der Waals surface area contributed by atoms with Crippen molar-refractivity contribution in [3.8, 4) is 6.07 Å². The number of benzene rings is 1. The van der Waals surface area contributed by atoms with Crippen molar-refractivity contribution < 1.29 is 14.7 Å². The van der Waals surface area contributed by atoms with Crippen molar-refractivity contribution in [1.82, 2.24) is 9.88 Å². The Morgan fingerprint density at radius 2 is 1.97 bits per heavy atom. The average molecular weight is 472 g/mol. The Balaban J connectivity index is 2.41. The molecule has 1 unspecified atom stereocenters. The van der Waals surface area contributed by atoms with Crippen LogP contribution < -0.4 is 30.7 Å². The molecule has 0 aliphatic rings. The SMILES string of the molecule is CCn1c(=O)/c(=C\Nc2cccc(NC(=O)C(C)(C)C)c2)s/c1=C(/C#N)C(=O)NCC(C)O. The van der Waals surface area contributed by atoms with Crippen LogP contribution in [0.15, 0.2) is 29.1 Å². The minimum atomic E-state index is -0.761. The van der Waals surface area contributed by atoms with Crippen LogP contribution in [0.25, 0.3) is 11.8 Å². The van der Waals surface area contributed by atoms with Gasteiger partial charge in [-0.15, -0.1) is 11.3 Å². The third-order valence-corrected chi connectivity index (χ3v) is 5.64. The molecule has 2 rings (SSSR count). The van der Waals surface area contributed by atoms with Crippen molar-refractivity contribution in [2.24, 2.45) is 5.41 Å². The third-order valence-electron chi connectivity index (χ3n) is 4.51. The maximum Gasteiger partial charge on any atom is 0.270 e. The number of aliphatic hydroxyl groups is 1. The zero-order valence-corrected chi connectivity index (χ0v) is 20.2. The summed E-state index contributed by atoms with van der Waals surface area (Å²) in [7, 11) is 0. The van der Waals surface area contributed by atoms with Crippen molar-refractivity contribution >= 4 is 46.3 Å². The molecule has 0 saturated heterocycles. The molecule has 1 aromatic carbocycles. The molecule has 33 heavy (non-hydrogen) atoms. The van der Waals surface area contributed by atoms with E-state index in [-0.39, 0.29) is 34.8 Å². The van der Waals surface area contributed by atoms with Crippen molar-refractivity contribution in [3.63, 3.8) is 0 Å². The maximum atomic E-state index is 12.8. The zero-order chi connectivity index (χ0) is 24.8. The third kappa shape index (κ3) is 6.78. The Bertz CT molecular complexity index is 1250. The lowest BCUT2D eigenvalue weighted by molar-refractivity contribution is -0.123. The van der Waals surface area contributed by atoms with Gasteiger partial charge in [0.2, 0.25) is 5.91 Å². The molecule has 1 aromatic heterocycles. The van der Waals surface area contributed by atoms with Crippen LogP contribution in [0.2, 0.25) is 0 Å². The van der Waals surface area contributed by atoms with Gasteiger partial charge >= 0.3 is 0 Å². The van der Waals surface area contributed by atoms with Crippen LogP contribution in [0.4, 0.5) is 11.4 Å². The first kappa shape index (κ1) is 25.8. The van der Waals surface area contributed by atoms with E-state index in [1.165, 1.54) is 17.7 Å². The summed E-state index contributed by atoms with van der Waals surface area (Å²) in [4.78, 5) is 37.4. The molecular weight excluding hydrogens is 442 g/mol. The standard InChI is InChI=1S/C23H29N5O4S/c1-6-28-20(31)18(33-21(28)17(11-24)19(30)26-12-14(2)29)13-25-15-8-7-9-16(10-15)27-22(32)23(3,4)5/h7-10,13-14,25,29H,6,12H2,1-5H3,(H,26,30)(H,27,32)/b18-13+,21-17-. The molecular formula is C23H29N5O4S. The fraction of sp³-hybridized carbons (Fsp3) is 0.391. The van der Waals surface area contributed by atoms with Gasteiger partial charge in [-0.3, -0.25) is 19.0 Å². The summed E-state index contributed by atoms with van der Waals surface area (Å²) in [5.74, 6) is -0.769. The van der Waals surface area contributed by atoms with Gasteiger partial charge in [0.25, 0.3) is 11.5 Å². The van der Waals surface area contributed by atoms with E-state index in [0.29, 0.717) is 15.9 Å². The normalized spacial score (nSPS) is 13.7. The van der Waals surface area contributed by atoms with Crippen molar-refractivity contribution in [2.45, 2.75) is 47.3 Å². The first-order chi connectivity index (χ1) is 15.5. The average Bonchev–Trinajstić information content (AvgIpc) is 3.06. The van der Waals surface area contributed by atoms with Gasteiger partial charge in [-0.1, -0.05) is 26.8 Å². The summed E-state index contributed by atoms with van der Waals surface area (Å²) in [6.07, 6.45) is 0.749. The molecule has 0 aliphatic heterocycles. The summed E-state index contributed by atoms with van der Waals surface area (Å²) in [5, 5.41) is 27.3. The van der Waals surface area contributed by atoms with Crippen molar-refractivity contribution in [1.29, 1.82) is 5.26 Å². The number of carbonyl (C=O) groups excluding carboxylic acids is 2. The Morgan fingerprint density at radius 3 is 2.55 bits per heavy atom. The number of nitrogens with zero attached hydrogens (tertiary/aromatic N) is 2. The van der Waals surface area contributed by atoms with E-state index in [1.54, 1.807) is 31.2 Å². The predicted molar refractivity (Wildman–Crippen MR) is 130 cm³/mol. The largest absolute Gasteiger partial charge is 0.392 e. The van der Waals surface area contributed by atoms with Gasteiger partial charge in [0.1, 0.15) is 15.3 Å². The number of hydrogen-bond acceptors (Lipinski definition) is 7. The highest BCUT2D eigenvalue weighted by atomic mass is 32.1. The van der Waals surface area contributed by atoms with Gasteiger partial charge in [-0.05, 0) is 32.0 Å². The van der Waals surface area contributed by atoms with Gasteiger partial charge in [0.05, 0.1) is 6.10 Å². The van der Waals surface area contributed by atoms with Crippen LogP contribution in [-0.2, 0) is 16.1 Å². The number of rotatable bonds is 7. The number of aromatic nitrogens is 1. The second-order valence-electron chi connectivity index (χ2n) is 8.44. The lowest BCUT2D eigenvalue weighted by atomic mass is 9.95. The molecule has 176 valence electrons. The van der Waals surface area contributed by atoms with E-state index in [2.05, 4.69) is 16.0 Å². The monoisotopic (exact) mass is 471 g/mol. The van der Waals surface area contributed by atoms with E-state index in [4.69, 9.17) is 0 Å². The molecule has 10 heteroatoms. The molecule has 0 bridgehead atoms. The molecule has 0 saturated carbocycles. The molecule has 0 fully saturated rings. The van der Waals surface area contributed by atoms with Crippen LogP contribution in [0, 0.1) is 16.7 Å². The van der Waals surface area contributed by atoms with E-state index >= 15 is 0 Å². The first-order valence-electron chi connectivity index (χ1n) is 10.5. The fourth-order valence-corrected chi connectivity index (χ4v) is 3.76. The number of amides is 2. The van der Waals surface area contributed by atoms with Crippen LogP contribution in [-0.4, -0.2) is 34.1 Å². The smallest absolute Gasteiger partial charge is 0.270 e. The summed E-state index contributed by atoms with van der Waals surface area (Å²) in [6.45, 7) is 9.00. The highest BCUT2D eigenvalue weighted by Crippen LogP contribution is 2.20. The maximum absolute atomic E-state index is 12.8. The van der Waals surface area contributed by atoms with Gasteiger partial charge in [0, 0.05) is 36.1 Å². The quantitative estimate of drug-likeness (QED) is 0.474. The van der Waals surface area contributed by atoms with Crippen LogP contribution in [0.1, 0.15) is 34.6 Å². The number of hydrogen-bond donors (Lipinski definition) is 4. The van der Waals surface area contributed by atoms with E-state index < -0.39 is 17.4 Å². The van der Waals surface area contributed by atoms with E-state index in [1.807, 2.05) is 26.8 Å². The Morgan fingerprint density at radius 1 is 1.30 bits per heavy atom. The molecule has 1 atom stereocenters. The Hall–Kier alpha value is -3.42. The number of thiazole rings is 1. The molecule has 0 aliphatic carbocycles. The highest BCUT2D eigenvalue weighted by Gasteiger charge is 2.21. The summed E-state index contributed by atoms with van der Waals surface area (Å²) < 4.78 is 1.91. The predicted octanol–water partition coefficient (Wildman–Crippen LogP) is 0.936.